The van der Waals surface area contributed by atoms with Gasteiger partial charge >= 0.3 is 0 Å². The Hall–Kier alpha value is -0.670. The van der Waals surface area contributed by atoms with E-state index < -0.39 is 0 Å². The molecule has 1 heterocycles. The van der Waals surface area contributed by atoms with E-state index in [0.29, 0.717) is 12.1 Å². The minimum absolute atomic E-state index is 0.410. The monoisotopic (exact) mass is 279 g/mol. The SMILES string of the molecule is CCSCCC(C)NC(C)c1ccc2c(c1)CCO2. The maximum Gasteiger partial charge on any atom is 0.122 e. The quantitative estimate of drug-likeness (QED) is 0.767. The van der Waals surface area contributed by atoms with Crippen molar-refractivity contribution in [3.05, 3.63) is 29.3 Å². The summed E-state index contributed by atoms with van der Waals surface area (Å²) in [6, 6.07) is 7.59. The number of thioether (sulfide) groups is 1. The maximum absolute atomic E-state index is 5.56. The summed E-state index contributed by atoms with van der Waals surface area (Å²) in [6.07, 6.45) is 2.29. The zero-order chi connectivity index (χ0) is 13.7. The Kier molecular flexibility index (Phi) is 5.59. The topological polar surface area (TPSA) is 21.3 Å². The van der Waals surface area contributed by atoms with Crippen molar-refractivity contribution < 1.29 is 4.74 Å². The normalized spacial score (nSPS) is 16.8. The molecule has 106 valence electrons. The van der Waals surface area contributed by atoms with Gasteiger partial charge in [-0.25, -0.2) is 0 Å². The first-order valence-electron chi connectivity index (χ1n) is 7.30. The molecule has 0 saturated carbocycles. The highest BCUT2D eigenvalue weighted by Crippen LogP contribution is 2.28. The fourth-order valence-electron chi connectivity index (χ4n) is 2.49. The Labute approximate surface area is 121 Å². The van der Waals surface area contributed by atoms with Crippen LogP contribution in [0.5, 0.6) is 5.75 Å². The van der Waals surface area contributed by atoms with E-state index in [-0.39, 0.29) is 0 Å². The highest BCUT2D eigenvalue weighted by Gasteiger charge is 2.15. The Morgan fingerprint density at radius 3 is 3.00 bits per heavy atom. The Bertz CT molecular complexity index is 408. The van der Waals surface area contributed by atoms with Crippen LogP contribution >= 0.6 is 11.8 Å². The van der Waals surface area contributed by atoms with E-state index in [1.165, 1.54) is 29.1 Å². The van der Waals surface area contributed by atoms with Crippen molar-refractivity contribution in [1.29, 1.82) is 0 Å². The van der Waals surface area contributed by atoms with Crippen LogP contribution in [0, 0.1) is 0 Å². The summed E-state index contributed by atoms with van der Waals surface area (Å²) in [5.41, 5.74) is 2.74. The zero-order valence-electron chi connectivity index (χ0n) is 12.2. The minimum atomic E-state index is 0.410. The highest BCUT2D eigenvalue weighted by molar-refractivity contribution is 7.99. The van der Waals surface area contributed by atoms with Crippen molar-refractivity contribution in [2.75, 3.05) is 18.1 Å². The molecule has 19 heavy (non-hydrogen) atoms. The van der Waals surface area contributed by atoms with Gasteiger partial charge in [0.15, 0.2) is 0 Å². The van der Waals surface area contributed by atoms with Crippen LogP contribution in [0.1, 0.15) is 44.4 Å². The number of rotatable bonds is 7. The molecule has 0 spiro atoms. The summed E-state index contributed by atoms with van der Waals surface area (Å²) in [5.74, 6) is 3.53. The van der Waals surface area contributed by atoms with Gasteiger partial charge in [-0.2, -0.15) is 11.8 Å². The van der Waals surface area contributed by atoms with Gasteiger partial charge in [-0.1, -0.05) is 19.1 Å². The van der Waals surface area contributed by atoms with E-state index in [2.05, 4.69) is 44.3 Å². The molecule has 0 saturated heterocycles. The summed E-state index contributed by atoms with van der Waals surface area (Å²) in [5, 5.41) is 3.69. The Balaban J connectivity index is 1.87. The smallest absolute Gasteiger partial charge is 0.122 e. The lowest BCUT2D eigenvalue weighted by Gasteiger charge is -2.20. The van der Waals surface area contributed by atoms with E-state index in [0.717, 1.165) is 18.8 Å². The zero-order valence-corrected chi connectivity index (χ0v) is 13.1. The number of ether oxygens (including phenoxy) is 1. The van der Waals surface area contributed by atoms with E-state index in [9.17, 15) is 0 Å². The van der Waals surface area contributed by atoms with Crippen LogP contribution in [0.2, 0.25) is 0 Å². The van der Waals surface area contributed by atoms with Gasteiger partial charge in [-0.05, 0) is 49.0 Å². The van der Waals surface area contributed by atoms with Gasteiger partial charge in [0.2, 0.25) is 0 Å². The number of nitrogens with one attached hydrogen (secondary N) is 1. The molecule has 0 aromatic heterocycles. The number of fused-ring (bicyclic) bond motifs is 1. The molecule has 0 fully saturated rings. The number of benzene rings is 1. The maximum atomic E-state index is 5.56. The van der Waals surface area contributed by atoms with E-state index in [1.54, 1.807) is 0 Å². The molecule has 0 radical (unpaired) electrons. The lowest BCUT2D eigenvalue weighted by molar-refractivity contribution is 0.356. The molecular weight excluding hydrogens is 254 g/mol. The van der Waals surface area contributed by atoms with Crippen LogP contribution < -0.4 is 10.1 Å². The van der Waals surface area contributed by atoms with Crippen LogP contribution in [-0.2, 0) is 6.42 Å². The van der Waals surface area contributed by atoms with Crippen LogP contribution in [0.25, 0.3) is 0 Å². The van der Waals surface area contributed by atoms with E-state index >= 15 is 0 Å². The third-order valence-electron chi connectivity index (χ3n) is 3.65. The molecule has 2 rings (SSSR count). The van der Waals surface area contributed by atoms with Gasteiger partial charge in [-0.3, -0.25) is 0 Å². The summed E-state index contributed by atoms with van der Waals surface area (Å²) < 4.78 is 5.56. The second-order valence-electron chi connectivity index (χ2n) is 5.24. The molecule has 0 bridgehead atoms. The molecule has 0 aliphatic carbocycles. The second kappa shape index (κ2) is 7.20. The standard InChI is InChI=1S/C16H25NOS/c1-4-19-10-8-12(2)17-13(3)14-5-6-16-15(11-14)7-9-18-16/h5-6,11-13,17H,4,7-10H2,1-3H3. The summed E-state index contributed by atoms with van der Waals surface area (Å²) in [6.45, 7) is 7.59. The van der Waals surface area contributed by atoms with Crippen LogP contribution in [0.3, 0.4) is 0 Å². The van der Waals surface area contributed by atoms with Gasteiger partial charge in [0.05, 0.1) is 6.61 Å². The third kappa shape index (κ3) is 4.15. The van der Waals surface area contributed by atoms with Gasteiger partial charge in [-0.15, -0.1) is 0 Å². The summed E-state index contributed by atoms with van der Waals surface area (Å²) in [7, 11) is 0. The van der Waals surface area contributed by atoms with Crippen LogP contribution in [-0.4, -0.2) is 24.2 Å². The van der Waals surface area contributed by atoms with Crippen LogP contribution in [0.4, 0.5) is 0 Å². The molecule has 2 unspecified atom stereocenters. The second-order valence-corrected chi connectivity index (χ2v) is 6.63. The van der Waals surface area contributed by atoms with Gasteiger partial charge in [0, 0.05) is 18.5 Å². The van der Waals surface area contributed by atoms with Crippen molar-refractivity contribution in [2.45, 2.75) is 45.7 Å². The first-order valence-corrected chi connectivity index (χ1v) is 8.45. The molecule has 3 heteroatoms. The van der Waals surface area contributed by atoms with Crippen molar-refractivity contribution in [1.82, 2.24) is 5.32 Å². The van der Waals surface area contributed by atoms with Crippen molar-refractivity contribution in [3.8, 4) is 5.75 Å². The lowest BCUT2D eigenvalue weighted by Crippen LogP contribution is -2.29. The van der Waals surface area contributed by atoms with E-state index in [4.69, 9.17) is 4.74 Å². The van der Waals surface area contributed by atoms with Crippen LogP contribution in [0.15, 0.2) is 18.2 Å². The van der Waals surface area contributed by atoms with E-state index in [1.807, 2.05) is 11.8 Å². The molecule has 1 aliphatic rings. The number of hydrogen-bond donors (Lipinski definition) is 1. The van der Waals surface area contributed by atoms with Gasteiger partial charge in [0.25, 0.3) is 0 Å². The fraction of sp³-hybridized carbons (Fsp3) is 0.625. The predicted molar refractivity (Wildman–Crippen MR) is 84.3 cm³/mol. The fourth-order valence-corrected chi connectivity index (χ4v) is 3.30. The largest absolute Gasteiger partial charge is 0.493 e. The van der Waals surface area contributed by atoms with Gasteiger partial charge in [0.1, 0.15) is 5.75 Å². The molecule has 2 nitrogen and oxygen atoms in total. The minimum Gasteiger partial charge on any atom is -0.493 e. The average molecular weight is 279 g/mol. The summed E-state index contributed by atoms with van der Waals surface area (Å²) >= 11 is 2.02. The van der Waals surface area contributed by atoms with Gasteiger partial charge < -0.3 is 10.1 Å². The third-order valence-corrected chi connectivity index (χ3v) is 4.58. The molecule has 2 atom stereocenters. The predicted octanol–water partition coefficient (Wildman–Crippen LogP) is 3.80. The molecule has 1 aromatic rings. The van der Waals surface area contributed by atoms with Crippen molar-refractivity contribution in [2.24, 2.45) is 0 Å². The van der Waals surface area contributed by atoms with Crippen molar-refractivity contribution in [3.63, 3.8) is 0 Å². The first kappa shape index (κ1) is 14.7. The Morgan fingerprint density at radius 1 is 1.37 bits per heavy atom. The highest BCUT2D eigenvalue weighted by atomic mass is 32.2. The Morgan fingerprint density at radius 2 is 2.21 bits per heavy atom. The molecule has 1 aliphatic heterocycles. The molecular formula is C16H25NOS. The lowest BCUT2D eigenvalue weighted by atomic mass is 10.0. The molecule has 1 N–H and O–H groups in total. The molecule has 1 aromatic carbocycles. The summed E-state index contributed by atoms with van der Waals surface area (Å²) in [4.78, 5) is 0. The molecule has 0 amide bonds. The first-order chi connectivity index (χ1) is 9.20. The van der Waals surface area contributed by atoms with Crippen molar-refractivity contribution >= 4 is 11.8 Å². The number of hydrogen-bond acceptors (Lipinski definition) is 3. The average Bonchev–Trinajstić information content (AvgIpc) is 2.86.